The molecule has 0 saturated heterocycles. The monoisotopic (exact) mass is 480 g/mol. The number of carbonyl (C=O) groups excluding carboxylic acids is 3. The number of hydrogen-bond acceptors (Lipinski definition) is 6. The van der Waals surface area contributed by atoms with E-state index >= 15 is 0 Å². The quantitative estimate of drug-likeness (QED) is 0.345. The van der Waals surface area contributed by atoms with Gasteiger partial charge in [0.25, 0.3) is 0 Å². The number of nitrogens with zero attached hydrogens (tertiary/aromatic N) is 1. The third-order valence-corrected chi connectivity index (χ3v) is 5.90. The number of aryl methyl sites for hydroxylation is 1. The van der Waals surface area contributed by atoms with Gasteiger partial charge in [-0.2, -0.15) is 9.59 Å². The van der Waals surface area contributed by atoms with Gasteiger partial charge < -0.3 is 9.26 Å². The predicted octanol–water partition coefficient (Wildman–Crippen LogP) is 6.61. The number of aromatic nitrogens is 1. The Bertz CT molecular complexity index is 1420. The second-order valence-corrected chi connectivity index (χ2v) is 8.24. The third kappa shape index (κ3) is 5.49. The summed E-state index contributed by atoms with van der Waals surface area (Å²) in [5.41, 5.74) is 7.78. The number of carbonyl (C=O) groups is 1. The van der Waals surface area contributed by atoms with Gasteiger partial charge in [0.05, 0.1) is 0 Å². The summed E-state index contributed by atoms with van der Waals surface area (Å²) in [5, 5.41) is 6.86. The van der Waals surface area contributed by atoms with E-state index in [1.54, 1.807) is 6.92 Å². The summed E-state index contributed by atoms with van der Waals surface area (Å²) in [7, 11) is 0. The van der Waals surface area contributed by atoms with Crippen LogP contribution in [0.25, 0.3) is 28.5 Å². The van der Waals surface area contributed by atoms with E-state index in [2.05, 4.69) is 53.0 Å². The number of fused-ring (bicyclic) bond motifs is 1. The summed E-state index contributed by atoms with van der Waals surface area (Å²) < 4.78 is 11.1. The SMILES string of the molecule is Cc1noc(-c2ccc(-c3ccc4c(c3)CC=C4)cc2)c1NC(=O)OC(C)c1ccccc1.O=C=O. The van der Waals surface area contributed by atoms with Crippen molar-refractivity contribution in [1.82, 2.24) is 5.16 Å². The third-order valence-electron chi connectivity index (χ3n) is 5.90. The molecule has 1 aliphatic rings. The molecule has 0 aliphatic heterocycles. The van der Waals surface area contributed by atoms with Crippen LogP contribution in [0.1, 0.15) is 35.4 Å². The molecule has 1 N–H and O–H groups in total. The van der Waals surface area contributed by atoms with Crippen molar-refractivity contribution < 1.29 is 23.6 Å². The number of anilines is 1. The van der Waals surface area contributed by atoms with E-state index in [-0.39, 0.29) is 12.3 Å². The van der Waals surface area contributed by atoms with Crippen molar-refractivity contribution >= 4 is 24.0 Å². The van der Waals surface area contributed by atoms with E-state index in [9.17, 15) is 4.79 Å². The van der Waals surface area contributed by atoms with Crippen LogP contribution in [0.15, 0.2) is 83.4 Å². The minimum atomic E-state index is -0.553. The van der Waals surface area contributed by atoms with Gasteiger partial charge in [0.2, 0.25) is 0 Å². The van der Waals surface area contributed by atoms with E-state index in [0.29, 0.717) is 17.1 Å². The first kappa shape index (κ1) is 24.4. The minimum absolute atomic E-state index is 0.250. The van der Waals surface area contributed by atoms with Crippen LogP contribution < -0.4 is 5.32 Å². The van der Waals surface area contributed by atoms with Crippen molar-refractivity contribution in [3.63, 3.8) is 0 Å². The Morgan fingerprint density at radius 1 is 1.00 bits per heavy atom. The number of hydrogen-bond donors (Lipinski definition) is 1. The molecule has 1 aromatic heterocycles. The minimum Gasteiger partial charge on any atom is -0.441 e. The normalized spacial score (nSPS) is 12.1. The summed E-state index contributed by atoms with van der Waals surface area (Å²) in [6, 6.07) is 24.2. The van der Waals surface area contributed by atoms with E-state index in [0.717, 1.165) is 23.1 Å². The zero-order valence-electron chi connectivity index (χ0n) is 19.9. The molecule has 0 radical (unpaired) electrons. The highest BCUT2D eigenvalue weighted by molar-refractivity contribution is 5.91. The van der Waals surface area contributed by atoms with Crippen molar-refractivity contribution in [2.24, 2.45) is 0 Å². The van der Waals surface area contributed by atoms with Gasteiger partial charge in [-0.1, -0.05) is 90.1 Å². The molecule has 7 nitrogen and oxygen atoms in total. The first-order chi connectivity index (χ1) is 17.5. The molecule has 1 unspecified atom stereocenters. The fourth-order valence-electron chi connectivity index (χ4n) is 4.05. The molecule has 7 heteroatoms. The fourth-order valence-corrected chi connectivity index (χ4v) is 4.05. The average molecular weight is 481 g/mol. The summed E-state index contributed by atoms with van der Waals surface area (Å²) >= 11 is 0. The first-order valence-electron chi connectivity index (χ1n) is 11.4. The van der Waals surface area contributed by atoms with Gasteiger partial charge in [0, 0.05) is 5.56 Å². The molecular formula is C29H24N2O5. The smallest absolute Gasteiger partial charge is 0.412 e. The summed E-state index contributed by atoms with van der Waals surface area (Å²) in [6.07, 6.45) is 4.64. The molecule has 1 atom stereocenters. The van der Waals surface area contributed by atoms with E-state index < -0.39 is 6.09 Å². The molecule has 4 aromatic rings. The number of nitrogens with one attached hydrogen (secondary N) is 1. The predicted molar refractivity (Wildman–Crippen MR) is 135 cm³/mol. The number of benzene rings is 3. The van der Waals surface area contributed by atoms with Crippen LogP contribution in [0.3, 0.4) is 0 Å². The Kier molecular flexibility index (Phi) is 7.54. The molecule has 5 rings (SSSR count). The molecule has 0 fully saturated rings. The molecule has 180 valence electrons. The van der Waals surface area contributed by atoms with Crippen LogP contribution in [0.2, 0.25) is 0 Å². The van der Waals surface area contributed by atoms with Crippen molar-refractivity contribution in [2.45, 2.75) is 26.4 Å². The topological polar surface area (TPSA) is 98.5 Å². The maximum absolute atomic E-state index is 12.6. The van der Waals surface area contributed by atoms with Gasteiger partial charge in [-0.3, -0.25) is 5.32 Å². The lowest BCUT2D eigenvalue weighted by molar-refractivity contribution is -0.191. The molecule has 0 spiro atoms. The van der Waals surface area contributed by atoms with Crippen molar-refractivity contribution in [1.29, 1.82) is 0 Å². The van der Waals surface area contributed by atoms with Crippen LogP contribution in [0, 0.1) is 6.92 Å². The number of rotatable bonds is 5. The standard InChI is InChI=1S/C28H24N2O3.CO2/c1-18-26(29-28(31)32-19(2)20-7-4-3-5-8-20)27(33-30-18)23-14-11-22(12-15-23)25-16-13-21-9-6-10-24(21)17-25;2-1-3/h3-9,11-17,19H,10H2,1-2H3,(H,29,31);. The molecule has 0 bridgehead atoms. The van der Waals surface area contributed by atoms with Gasteiger partial charge in [-0.15, -0.1) is 0 Å². The summed E-state index contributed by atoms with van der Waals surface area (Å²) in [5.74, 6) is 0.501. The van der Waals surface area contributed by atoms with Gasteiger partial charge in [-0.05, 0) is 48.1 Å². The maximum atomic E-state index is 12.6. The fraction of sp³-hybridized carbons (Fsp3) is 0.138. The Hall–Kier alpha value is -4.74. The number of amides is 1. The highest BCUT2D eigenvalue weighted by Crippen LogP contribution is 2.33. The Balaban J connectivity index is 0.000000967. The van der Waals surface area contributed by atoms with Crippen LogP contribution in [-0.2, 0) is 20.7 Å². The second kappa shape index (κ2) is 11.1. The Morgan fingerprint density at radius 2 is 1.67 bits per heavy atom. The van der Waals surface area contributed by atoms with Gasteiger partial charge in [-0.25, -0.2) is 4.79 Å². The van der Waals surface area contributed by atoms with Crippen LogP contribution >= 0.6 is 0 Å². The Morgan fingerprint density at radius 3 is 2.39 bits per heavy atom. The van der Waals surface area contributed by atoms with Crippen molar-refractivity contribution in [3.05, 3.63) is 101 Å². The van der Waals surface area contributed by atoms with Crippen LogP contribution in [-0.4, -0.2) is 17.4 Å². The van der Waals surface area contributed by atoms with Crippen LogP contribution in [0.5, 0.6) is 0 Å². The maximum Gasteiger partial charge on any atom is 0.412 e. The molecule has 36 heavy (non-hydrogen) atoms. The molecular weight excluding hydrogens is 456 g/mol. The Labute approximate surface area is 208 Å². The molecule has 1 amide bonds. The number of ether oxygens (including phenoxy) is 1. The van der Waals surface area contributed by atoms with Gasteiger partial charge in [0.1, 0.15) is 17.5 Å². The zero-order valence-corrected chi connectivity index (χ0v) is 19.9. The highest BCUT2D eigenvalue weighted by Gasteiger charge is 2.20. The van der Waals surface area contributed by atoms with Crippen molar-refractivity contribution in [2.75, 3.05) is 5.32 Å². The summed E-state index contributed by atoms with van der Waals surface area (Å²) in [6.45, 7) is 3.63. The summed E-state index contributed by atoms with van der Waals surface area (Å²) in [4.78, 5) is 28.8. The van der Waals surface area contributed by atoms with E-state index in [1.807, 2.05) is 49.4 Å². The second-order valence-electron chi connectivity index (χ2n) is 8.24. The highest BCUT2D eigenvalue weighted by atomic mass is 16.6. The lowest BCUT2D eigenvalue weighted by Gasteiger charge is -2.14. The van der Waals surface area contributed by atoms with E-state index in [4.69, 9.17) is 18.8 Å². The van der Waals surface area contributed by atoms with Gasteiger partial charge >= 0.3 is 12.2 Å². The zero-order chi connectivity index (χ0) is 25.5. The molecule has 1 heterocycles. The molecule has 0 saturated carbocycles. The first-order valence-corrected chi connectivity index (χ1v) is 11.4. The lowest BCUT2D eigenvalue weighted by atomic mass is 9.99. The molecule has 3 aromatic carbocycles. The van der Waals surface area contributed by atoms with Crippen molar-refractivity contribution in [3.8, 4) is 22.5 Å². The lowest BCUT2D eigenvalue weighted by Crippen LogP contribution is -2.16. The number of allylic oxidation sites excluding steroid dienone is 1. The van der Waals surface area contributed by atoms with E-state index in [1.165, 1.54) is 16.7 Å². The van der Waals surface area contributed by atoms with Crippen LogP contribution in [0.4, 0.5) is 10.5 Å². The molecule has 1 aliphatic carbocycles. The average Bonchev–Trinajstić information content (AvgIpc) is 3.51. The largest absolute Gasteiger partial charge is 0.441 e. The van der Waals surface area contributed by atoms with Gasteiger partial charge in [0.15, 0.2) is 5.76 Å².